The molecule has 1 fully saturated rings. The van der Waals surface area contributed by atoms with Crippen LogP contribution in [0.15, 0.2) is 6.07 Å². The quantitative estimate of drug-likeness (QED) is 0.857. The summed E-state index contributed by atoms with van der Waals surface area (Å²) in [5, 5.41) is 3.31. The van der Waals surface area contributed by atoms with Gasteiger partial charge >= 0.3 is 0 Å². The van der Waals surface area contributed by atoms with Crippen molar-refractivity contribution in [2.24, 2.45) is 11.1 Å². The predicted molar refractivity (Wildman–Crippen MR) is 77.9 cm³/mol. The minimum absolute atomic E-state index is 0.170. The minimum atomic E-state index is 0.170. The molecule has 0 amide bonds. The Morgan fingerprint density at radius 1 is 1.17 bits per heavy atom. The van der Waals surface area contributed by atoms with Crippen molar-refractivity contribution in [3.05, 3.63) is 33.9 Å². The summed E-state index contributed by atoms with van der Waals surface area (Å²) in [7, 11) is 2.02. The maximum absolute atomic E-state index is 6.62. The molecule has 1 atom stereocenters. The number of benzene rings is 1. The highest BCUT2D eigenvalue weighted by atomic mass is 14.9. The van der Waals surface area contributed by atoms with Crippen LogP contribution in [0.4, 0.5) is 0 Å². The molecule has 100 valence electrons. The Labute approximate surface area is 111 Å². The van der Waals surface area contributed by atoms with Crippen LogP contribution >= 0.6 is 0 Å². The minimum Gasteiger partial charge on any atom is -0.323 e. The molecule has 1 aromatic carbocycles. The summed E-state index contributed by atoms with van der Waals surface area (Å²) in [4.78, 5) is 0. The van der Waals surface area contributed by atoms with E-state index in [1.807, 2.05) is 7.05 Å². The average molecular weight is 246 g/mol. The second-order valence-corrected chi connectivity index (χ2v) is 6.04. The van der Waals surface area contributed by atoms with E-state index >= 15 is 0 Å². The van der Waals surface area contributed by atoms with Crippen molar-refractivity contribution in [1.82, 2.24) is 5.32 Å². The molecule has 2 nitrogen and oxygen atoms in total. The van der Waals surface area contributed by atoms with Crippen LogP contribution < -0.4 is 11.1 Å². The monoisotopic (exact) mass is 246 g/mol. The first-order chi connectivity index (χ1) is 8.43. The van der Waals surface area contributed by atoms with E-state index in [9.17, 15) is 0 Å². The number of hydrogen-bond donors (Lipinski definition) is 2. The lowest BCUT2D eigenvalue weighted by atomic mass is 9.82. The fourth-order valence-corrected chi connectivity index (χ4v) is 3.13. The molecule has 1 saturated carbocycles. The first-order valence-corrected chi connectivity index (χ1v) is 6.90. The molecule has 0 saturated heterocycles. The Morgan fingerprint density at radius 3 is 2.06 bits per heavy atom. The zero-order chi connectivity index (χ0) is 13.5. The molecule has 0 bridgehead atoms. The predicted octanol–water partition coefficient (Wildman–Crippen LogP) is 2.92. The van der Waals surface area contributed by atoms with Gasteiger partial charge in [-0.1, -0.05) is 6.07 Å². The third-order valence-corrected chi connectivity index (χ3v) is 4.82. The lowest BCUT2D eigenvalue weighted by molar-refractivity contribution is 0.390. The molecule has 0 spiro atoms. The van der Waals surface area contributed by atoms with Crippen molar-refractivity contribution in [2.45, 2.75) is 46.6 Å². The van der Waals surface area contributed by atoms with Crippen molar-refractivity contribution < 1.29 is 0 Å². The van der Waals surface area contributed by atoms with Crippen molar-refractivity contribution in [2.75, 3.05) is 13.6 Å². The van der Waals surface area contributed by atoms with Crippen LogP contribution in [-0.2, 0) is 0 Å². The smallest absolute Gasteiger partial charge is 0.0369 e. The molecule has 1 aromatic rings. The lowest BCUT2D eigenvalue weighted by Gasteiger charge is -2.28. The Morgan fingerprint density at radius 2 is 1.67 bits per heavy atom. The highest BCUT2D eigenvalue weighted by molar-refractivity contribution is 5.46. The standard InChI is InChI=1S/C16H26N2/c1-10-8-11(2)13(4)14(12(10)3)15(17)16(6-7-16)9-18-5/h8,15,18H,6-7,9,17H2,1-5H3. The first kappa shape index (κ1) is 13.6. The second kappa shape index (κ2) is 4.67. The van der Waals surface area contributed by atoms with Crippen LogP contribution in [0.25, 0.3) is 0 Å². The fourth-order valence-electron chi connectivity index (χ4n) is 3.13. The number of hydrogen-bond acceptors (Lipinski definition) is 2. The van der Waals surface area contributed by atoms with Crippen LogP contribution in [0.1, 0.15) is 46.7 Å². The summed E-state index contributed by atoms with van der Waals surface area (Å²) in [6.45, 7) is 9.84. The van der Waals surface area contributed by atoms with Crippen LogP contribution in [0.5, 0.6) is 0 Å². The zero-order valence-electron chi connectivity index (χ0n) is 12.4. The third kappa shape index (κ3) is 2.08. The highest BCUT2D eigenvalue weighted by Gasteiger charge is 2.48. The van der Waals surface area contributed by atoms with Gasteiger partial charge in [-0.25, -0.2) is 0 Å². The molecule has 2 heteroatoms. The molecule has 0 aliphatic heterocycles. The van der Waals surface area contributed by atoms with Gasteiger partial charge in [0, 0.05) is 18.0 Å². The van der Waals surface area contributed by atoms with Crippen LogP contribution in [0.3, 0.4) is 0 Å². The van der Waals surface area contributed by atoms with Crippen molar-refractivity contribution in [3.63, 3.8) is 0 Å². The molecular formula is C16H26N2. The van der Waals surface area contributed by atoms with Gasteiger partial charge < -0.3 is 11.1 Å². The SMILES string of the molecule is CNCC1(C(N)c2c(C)c(C)cc(C)c2C)CC1. The van der Waals surface area contributed by atoms with Crippen molar-refractivity contribution >= 4 is 0 Å². The second-order valence-electron chi connectivity index (χ2n) is 6.04. The van der Waals surface area contributed by atoms with Gasteiger partial charge in [-0.05, 0) is 75.4 Å². The van der Waals surface area contributed by atoms with E-state index in [1.54, 1.807) is 0 Å². The summed E-state index contributed by atoms with van der Waals surface area (Å²) in [6.07, 6.45) is 2.50. The van der Waals surface area contributed by atoms with Gasteiger partial charge in [0.1, 0.15) is 0 Å². The summed E-state index contributed by atoms with van der Waals surface area (Å²) in [6, 6.07) is 2.45. The lowest BCUT2D eigenvalue weighted by Crippen LogP contribution is -2.32. The Kier molecular flexibility index (Phi) is 3.52. The number of rotatable bonds is 4. The van der Waals surface area contributed by atoms with Crippen LogP contribution in [0, 0.1) is 33.1 Å². The van der Waals surface area contributed by atoms with Crippen LogP contribution in [0.2, 0.25) is 0 Å². The summed E-state index contributed by atoms with van der Waals surface area (Å²) < 4.78 is 0. The van der Waals surface area contributed by atoms with E-state index in [-0.39, 0.29) is 6.04 Å². The first-order valence-electron chi connectivity index (χ1n) is 6.90. The van der Waals surface area contributed by atoms with Gasteiger partial charge in [0.25, 0.3) is 0 Å². The molecular weight excluding hydrogens is 220 g/mol. The van der Waals surface area contributed by atoms with E-state index in [2.05, 4.69) is 39.1 Å². The maximum atomic E-state index is 6.62. The van der Waals surface area contributed by atoms with Gasteiger partial charge in [0.2, 0.25) is 0 Å². The fraction of sp³-hybridized carbons (Fsp3) is 0.625. The molecule has 1 aliphatic carbocycles. The van der Waals surface area contributed by atoms with E-state index in [0.717, 1.165) is 6.54 Å². The van der Waals surface area contributed by atoms with E-state index in [1.165, 1.54) is 40.7 Å². The topological polar surface area (TPSA) is 38.0 Å². The third-order valence-electron chi connectivity index (χ3n) is 4.82. The summed E-state index contributed by atoms with van der Waals surface area (Å²) in [5.74, 6) is 0. The number of nitrogens with one attached hydrogen (secondary N) is 1. The van der Waals surface area contributed by atoms with E-state index in [4.69, 9.17) is 5.73 Å². The molecule has 3 N–H and O–H groups in total. The zero-order valence-corrected chi connectivity index (χ0v) is 12.4. The largest absolute Gasteiger partial charge is 0.323 e. The molecule has 1 aliphatic rings. The summed E-state index contributed by atoms with van der Waals surface area (Å²) >= 11 is 0. The molecule has 0 heterocycles. The number of nitrogens with two attached hydrogens (primary N) is 1. The van der Waals surface area contributed by atoms with Gasteiger partial charge in [-0.2, -0.15) is 0 Å². The Hall–Kier alpha value is -0.860. The highest BCUT2D eigenvalue weighted by Crippen LogP contribution is 2.54. The number of aryl methyl sites for hydroxylation is 2. The maximum Gasteiger partial charge on any atom is 0.0369 e. The molecule has 1 unspecified atom stereocenters. The molecule has 18 heavy (non-hydrogen) atoms. The average Bonchev–Trinajstić information content (AvgIpc) is 3.08. The normalized spacial score (nSPS) is 18.8. The molecule has 0 aromatic heterocycles. The Bertz CT molecular complexity index is 432. The van der Waals surface area contributed by atoms with Crippen LogP contribution in [-0.4, -0.2) is 13.6 Å². The van der Waals surface area contributed by atoms with Crippen molar-refractivity contribution in [1.29, 1.82) is 0 Å². The van der Waals surface area contributed by atoms with Crippen molar-refractivity contribution in [3.8, 4) is 0 Å². The molecule has 0 radical (unpaired) electrons. The van der Waals surface area contributed by atoms with Gasteiger partial charge in [-0.3, -0.25) is 0 Å². The van der Waals surface area contributed by atoms with Gasteiger partial charge in [0.05, 0.1) is 0 Å². The van der Waals surface area contributed by atoms with E-state index < -0.39 is 0 Å². The summed E-state index contributed by atoms with van der Waals surface area (Å²) in [5.41, 5.74) is 13.8. The van der Waals surface area contributed by atoms with Gasteiger partial charge in [-0.15, -0.1) is 0 Å². The molecule has 2 rings (SSSR count). The van der Waals surface area contributed by atoms with Gasteiger partial charge in [0.15, 0.2) is 0 Å². The van der Waals surface area contributed by atoms with E-state index in [0.29, 0.717) is 5.41 Å². The Balaban J connectivity index is 2.45.